The number of carbonyl (C=O) groups is 1. The van der Waals surface area contributed by atoms with Crippen molar-refractivity contribution in [3.63, 3.8) is 0 Å². The zero-order valence-electron chi connectivity index (χ0n) is 13.9. The Balaban J connectivity index is 1.54. The lowest BCUT2D eigenvalue weighted by Gasteiger charge is -2.08. The third kappa shape index (κ3) is 3.45. The second kappa shape index (κ2) is 7.01. The molecular weight excluding hydrogens is 350 g/mol. The average Bonchev–Trinajstić information content (AvgIpc) is 3.26. The van der Waals surface area contributed by atoms with Crippen LogP contribution < -0.4 is 5.32 Å². The first-order valence-electron chi connectivity index (χ1n) is 7.94. The van der Waals surface area contributed by atoms with E-state index in [1.54, 1.807) is 6.33 Å². The van der Waals surface area contributed by atoms with E-state index < -0.39 is 0 Å². The Hall–Kier alpha value is -3.13. The van der Waals surface area contributed by atoms with Crippen LogP contribution in [0.3, 0.4) is 0 Å². The largest absolute Gasteiger partial charge is 0.440 e. The van der Waals surface area contributed by atoms with E-state index in [-0.39, 0.29) is 5.91 Å². The highest BCUT2D eigenvalue weighted by Crippen LogP contribution is 2.26. The van der Waals surface area contributed by atoms with Gasteiger partial charge in [-0.25, -0.2) is 4.98 Å². The van der Waals surface area contributed by atoms with E-state index in [2.05, 4.69) is 20.5 Å². The summed E-state index contributed by atoms with van der Waals surface area (Å²) in [5.74, 6) is 1.06. The quantitative estimate of drug-likeness (QED) is 0.543. The molecule has 7 nitrogen and oxygen atoms in total. The van der Waals surface area contributed by atoms with Crippen molar-refractivity contribution >= 4 is 34.5 Å². The fourth-order valence-electron chi connectivity index (χ4n) is 2.54. The number of anilines is 1. The standard InChI is InChI=1S/C18H15N5O2S/c1-12(24)20-13-5-4-6-14(9-13)23-11-19-22-18(23)26-10-17-21-15-7-2-3-8-16(15)25-17/h2-9,11H,10H2,1H3,(H,20,24). The summed E-state index contributed by atoms with van der Waals surface area (Å²) >= 11 is 1.48. The van der Waals surface area contributed by atoms with Crippen LogP contribution in [-0.2, 0) is 10.5 Å². The maximum Gasteiger partial charge on any atom is 0.221 e. The second-order valence-electron chi connectivity index (χ2n) is 5.58. The number of nitrogens with zero attached hydrogens (tertiary/aromatic N) is 4. The second-order valence-corrected chi connectivity index (χ2v) is 6.52. The number of fused-ring (bicyclic) bond motifs is 1. The fourth-order valence-corrected chi connectivity index (χ4v) is 3.32. The molecule has 0 bridgehead atoms. The van der Waals surface area contributed by atoms with Crippen LogP contribution in [0, 0.1) is 0 Å². The smallest absolute Gasteiger partial charge is 0.221 e. The normalized spacial score (nSPS) is 11.0. The molecule has 0 radical (unpaired) electrons. The van der Waals surface area contributed by atoms with Gasteiger partial charge in [0.15, 0.2) is 10.7 Å². The van der Waals surface area contributed by atoms with Crippen LogP contribution >= 0.6 is 11.8 Å². The number of aromatic nitrogens is 4. The minimum absolute atomic E-state index is 0.114. The van der Waals surface area contributed by atoms with Crippen LogP contribution in [0.4, 0.5) is 5.69 Å². The Labute approximate surface area is 153 Å². The van der Waals surface area contributed by atoms with Crippen LogP contribution in [-0.4, -0.2) is 25.7 Å². The molecule has 0 aliphatic heterocycles. The number of oxazole rings is 1. The lowest BCUT2D eigenvalue weighted by atomic mass is 10.2. The third-order valence-electron chi connectivity index (χ3n) is 3.62. The Kier molecular flexibility index (Phi) is 4.40. The maximum absolute atomic E-state index is 11.2. The predicted molar refractivity (Wildman–Crippen MR) is 99.2 cm³/mol. The van der Waals surface area contributed by atoms with E-state index in [0.717, 1.165) is 22.5 Å². The fraction of sp³-hybridized carbons (Fsp3) is 0.111. The Morgan fingerprint density at radius 1 is 1.23 bits per heavy atom. The number of nitrogens with one attached hydrogen (secondary N) is 1. The first kappa shape index (κ1) is 16.3. The summed E-state index contributed by atoms with van der Waals surface area (Å²) in [6, 6.07) is 15.2. The van der Waals surface area contributed by atoms with Crippen molar-refractivity contribution < 1.29 is 9.21 Å². The number of amides is 1. The summed E-state index contributed by atoms with van der Waals surface area (Å²) in [6.07, 6.45) is 1.64. The monoisotopic (exact) mass is 365 g/mol. The molecule has 0 aliphatic rings. The summed E-state index contributed by atoms with van der Waals surface area (Å²) in [7, 11) is 0. The molecule has 0 spiro atoms. The number of rotatable bonds is 5. The van der Waals surface area contributed by atoms with Crippen LogP contribution in [0.25, 0.3) is 16.8 Å². The van der Waals surface area contributed by atoms with E-state index in [1.807, 2.05) is 53.1 Å². The molecule has 26 heavy (non-hydrogen) atoms. The van der Waals surface area contributed by atoms with Gasteiger partial charge in [-0.15, -0.1) is 10.2 Å². The number of para-hydroxylation sites is 2. The van der Waals surface area contributed by atoms with E-state index in [9.17, 15) is 4.79 Å². The van der Waals surface area contributed by atoms with E-state index in [1.165, 1.54) is 18.7 Å². The van der Waals surface area contributed by atoms with Gasteiger partial charge in [0.05, 0.1) is 11.4 Å². The highest BCUT2D eigenvalue weighted by molar-refractivity contribution is 7.98. The van der Waals surface area contributed by atoms with Gasteiger partial charge < -0.3 is 9.73 Å². The van der Waals surface area contributed by atoms with Crippen molar-refractivity contribution in [1.82, 2.24) is 19.7 Å². The molecule has 1 N–H and O–H groups in total. The van der Waals surface area contributed by atoms with E-state index >= 15 is 0 Å². The van der Waals surface area contributed by atoms with Crippen LogP contribution in [0.5, 0.6) is 0 Å². The number of hydrogen-bond donors (Lipinski definition) is 1. The van der Waals surface area contributed by atoms with Crippen LogP contribution in [0.2, 0.25) is 0 Å². The maximum atomic E-state index is 11.2. The third-order valence-corrected chi connectivity index (χ3v) is 4.55. The van der Waals surface area contributed by atoms with E-state index in [0.29, 0.717) is 16.8 Å². The average molecular weight is 365 g/mol. The zero-order chi connectivity index (χ0) is 17.9. The van der Waals surface area contributed by atoms with Gasteiger partial charge in [0.25, 0.3) is 0 Å². The van der Waals surface area contributed by atoms with Gasteiger partial charge >= 0.3 is 0 Å². The Morgan fingerprint density at radius 3 is 2.96 bits per heavy atom. The highest BCUT2D eigenvalue weighted by Gasteiger charge is 2.11. The molecule has 130 valence electrons. The molecule has 0 saturated heterocycles. The minimum Gasteiger partial charge on any atom is -0.440 e. The Morgan fingerprint density at radius 2 is 2.12 bits per heavy atom. The van der Waals surface area contributed by atoms with Gasteiger partial charge in [0.1, 0.15) is 11.8 Å². The minimum atomic E-state index is -0.114. The molecule has 4 rings (SSSR count). The molecule has 0 unspecified atom stereocenters. The molecule has 8 heteroatoms. The molecule has 2 heterocycles. The predicted octanol–water partition coefficient (Wildman–Crippen LogP) is 3.66. The molecule has 1 amide bonds. The van der Waals surface area contributed by atoms with Crippen molar-refractivity contribution in [2.75, 3.05) is 5.32 Å². The van der Waals surface area contributed by atoms with Gasteiger partial charge in [-0.3, -0.25) is 9.36 Å². The summed E-state index contributed by atoms with van der Waals surface area (Å²) in [5.41, 5.74) is 3.19. The summed E-state index contributed by atoms with van der Waals surface area (Å²) in [4.78, 5) is 15.7. The van der Waals surface area contributed by atoms with Crippen molar-refractivity contribution in [3.8, 4) is 5.69 Å². The molecule has 2 aromatic carbocycles. The Bertz CT molecular complexity index is 1040. The van der Waals surface area contributed by atoms with Gasteiger partial charge in [0.2, 0.25) is 11.8 Å². The van der Waals surface area contributed by atoms with Gasteiger partial charge in [0, 0.05) is 12.6 Å². The van der Waals surface area contributed by atoms with Gasteiger partial charge in [-0.1, -0.05) is 30.0 Å². The molecule has 2 aromatic heterocycles. The SMILES string of the molecule is CC(=O)Nc1cccc(-n2cnnc2SCc2nc3ccccc3o2)c1. The van der Waals surface area contributed by atoms with E-state index in [4.69, 9.17) is 4.42 Å². The van der Waals surface area contributed by atoms with Crippen molar-refractivity contribution in [3.05, 3.63) is 60.7 Å². The lowest BCUT2D eigenvalue weighted by molar-refractivity contribution is -0.114. The van der Waals surface area contributed by atoms with Gasteiger partial charge in [-0.05, 0) is 30.3 Å². The summed E-state index contributed by atoms with van der Waals surface area (Å²) < 4.78 is 7.60. The van der Waals surface area contributed by atoms with Crippen molar-refractivity contribution in [2.45, 2.75) is 17.8 Å². The zero-order valence-corrected chi connectivity index (χ0v) is 14.7. The molecule has 0 atom stereocenters. The molecule has 0 saturated carbocycles. The van der Waals surface area contributed by atoms with Crippen LogP contribution in [0.15, 0.2) is 64.4 Å². The first-order valence-corrected chi connectivity index (χ1v) is 8.93. The summed E-state index contributed by atoms with van der Waals surface area (Å²) in [6.45, 7) is 1.48. The molecule has 0 aliphatic carbocycles. The van der Waals surface area contributed by atoms with Crippen molar-refractivity contribution in [1.29, 1.82) is 0 Å². The summed E-state index contributed by atoms with van der Waals surface area (Å²) in [5, 5.41) is 11.7. The molecule has 0 fully saturated rings. The topological polar surface area (TPSA) is 85.8 Å². The number of benzene rings is 2. The van der Waals surface area contributed by atoms with Crippen LogP contribution in [0.1, 0.15) is 12.8 Å². The number of hydrogen-bond acceptors (Lipinski definition) is 6. The number of carbonyl (C=O) groups excluding carboxylic acids is 1. The molecule has 4 aromatic rings. The molecular formula is C18H15N5O2S. The first-order chi connectivity index (χ1) is 12.7. The number of thioether (sulfide) groups is 1. The lowest BCUT2D eigenvalue weighted by Crippen LogP contribution is -2.06. The highest BCUT2D eigenvalue weighted by atomic mass is 32.2. The van der Waals surface area contributed by atoms with Crippen molar-refractivity contribution in [2.24, 2.45) is 0 Å². The van der Waals surface area contributed by atoms with Gasteiger partial charge in [-0.2, -0.15) is 0 Å².